The molecule has 1 heterocycles. The number of fused-ring (bicyclic) bond motifs is 3. The molecular formula is C13H15BrN2. The fourth-order valence-electron chi connectivity index (χ4n) is 2.72. The van der Waals surface area contributed by atoms with Crippen LogP contribution in [0.5, 0.6) is 0 Å². The summed E-state index contributed by atoms with van der Waals surface area (Å²) < 4.78 is 1.16. The van der Waals surface area contributed by atoms with Crippen LogP contribution in [0.15, 0.2) is 22.7 Å². The van der Waals surface area contributed by atoms with E-state index in [9.17, 15) is 0 Å². The Hall–Kier alpha value is -0.800. The summed E-state index contributed by atoms with van der Waals surface area (Å²) in [7, 11) is 0. The molecule has 2 nitrogen and oxygen atoms in total. The maximum Gasteiger partial charge on any atom is 0.0460 e. The molecule has 0 fully saturated rings. The van der Waals surface area contributed by atoms with Crippen LogP contribution in [0.25, 0.3) is 10.9 Å². The highest BCUT2D eigenvalue weighted by Gasteiger charge is 2.25. The third kappa shape index (κ3) is 1.50. The molecule has 1 aromatic carbocycles. The van der Waals surface area contributed by atoms with Gasteiger partial charge in [0.2, 0.25) is 0 Å². The average Bonchev–Trinajstić information content (AvgIpc) is 2.79. The Labute approximate surface area is 104 Å². The Morgan fingerprint density at radius 1 is 1.50 bits per heavy atom. The van der Waals surface area contributed by atoms with Crippen LogP contribution < -0.4 is 5.32 Å². The van der Waals surface area contributed by atoms with Gasteiger partial charge in [0.1, 0.15) is 0 Å². The lowest BCUT2D eigenvalue weighted by molar-refractivity contribution is 0.551. The minimum atomic E-state index is 0.531. The van der Waals surface area contributed by atoms with Crippen LogP contribution in [0, 0.1) is 0 Å². The lowest BCUT2D eigenvalue weighted by Gasteiger charge is -2.11. The number of hydrogen-bond acceptors (Lipinski definition) is 1. The molecule has 16 heavy (non-hydrogen) atoms. The highest BCUT2D eigenvalue weighted by atomic mass is 79.9. The van der Waals surface area contributed by atoms with Crippen molar-refractivity contribution in [3.8, 4) is 0 Å². The number of hydrogen-bond donors (Lipinski definition) is 2. The molecule has 1 atom stereocenters. The zero-order valence-electron chi connectivity index (χ0n) is 9.31. The van der Waals surface area contributed by atoms with E-state index in [4.69, 9.17) is 0 Å². The molecule has 0 saturated carbocycles. The SMILES string of the molecule is CCNC1CCc2[nH]c3ccc(Br)cc3c21. The normalized spacial score (nSPS) is 19.2. The van der Waals surface area contributed by atoms with Gasteiger partial charge < -0.3 is 10.3 Å². The Bertz CT molecular complexity index is 530. The van der Waals surface area contributed by atoms with Crippen LogP contribution in [0.2, 0.25) is 0 Å². The van der Waals surface area contributed by atoms with Crippen LogP contribution in [0.3, 0.4) is 0 Å². The first-order chi connectivity index (χ1) is 7.79. The Kier molecular flexibility index (Phi) is 2.52. The van der Waals surface area contributed by atoms with E-state index >= 15 is 0 Å². The fourth-order valence-corrected chi connectivity index (χ4v) is 3.08. The summed E-state index contributed by atoms with van der Waals surface area (Å²) >= 11 is 3.55. The van der Waals surface area contributed by atoms with E-state index in [2.05, 4.69) is 51.4 Å². The molecule has 0 saturated heterocycles. The molecule has 0 bridgehead atoms. The van der Waals surface area contributed by atoms with Gasteiger partial charge in [-0.2, -0.15) is 0 Å². The molecule has 3 rings (SSSR count). The lowest BCUT2D eigenvalue weighted by atomic mass is 10.1. The number of nitrogens with one attached hydrogen (secondary N) is 2. The maximum absolute atomic E-state index is 3.56. The number of benzene rings is 1. The van der Waals surface area contributed by atoms with Crippen molar-refractivity contribution in [2.24, 2.45) is 0 Å². The molecule has 0 spiro atoms. The first-order valence-corrected chi connectivity index (χ1v) is 6.62. The summed E-state index contributed by atoms with van der Waals surface area (Å²) in [5.41, 5.74) is 4.16. The molecule has 0 radical (unpaired) electrons. The summed E-state index contributed by atoms with van der Waals surface area (Å²) in [6.07, 6.45) is 2.39. The van der Waals surface area contributed by atoms with Crippen molar-refractivity contribution in [1.82, 2.24) is 10.3 Å². The summed E-state index contributed by atoms with van der Waals surface area (Å²) in [4.78, 5) is 3.53. The molecule has 1 aliphatic rings. The van der Waals surface area contributed by atoms with Crippen LogP contribution in [0.1, 0.15) is 30.6 Å². The number of aryl methyl sites for hydroxylation is 1. The van der Waals surface area contributed by atoms with Gasteiger partial charge in [0.15, 0.2) is 0 Å². The molecule has 0 aliphatic heterocycles. The Morgan fingerprint density at radius 3 is 3.19 bits per heavy atom. The second-order valence-corrected chi connectivity index (χ2v) is 5.27. The molecule has 84 valence electrons. The van der Waals surface area contributed by atoms with Gasteiger partial charge in [-0.15, -0.1) is 0 Å². The third-order valence-electron chi connectivity index (χ3n) is 3.36. The quantitative estimate of drug-likeness (QED) is 0.864. The molecule has 1 aromatic heterocycles. The van der Waals surface area contributed by atoms with Crippen LogP contribution in [-0.4, -0.2) is 11.5 Å². The third-order valence-corrected chi connectivity index (χ3v) is 3.86. The second-order valence-electron chi connectivity index (χ2n) is 4.36. The zero-order valence-corrected chi connectivity index (χ0v) is 10.9. The van der Waals surface area contributed by atoms with Gasteiger partial charge in [-0.05, 0) is 43.1 Å². The van der Waals surface area contributed by atoms with E-state index in [1.54, 1.807) is 0 Å². The van der Waals surface area contributed by atoms with E-state index in [-0.39, 0.29) is 0 Å². The molecule has 1 unspecified atom stereocenters. The van der Waals surface area contributed by atoms with Crippen molar-refractivity contribution in [3.05, 3.63) is 33.9 Å². The Morgan fingerprint density at radius 2 is 2.38 bits per heavy atom. The smallest absolute Gasteiger partial charge is 0.0460 e. The van der Waals surface area contributed by atoms with E-state index in [1.165, 1.54) is 35.0 Å². The lowest BCUT2D eigenvalue weighted by Crippen LogP contribution is -2.18. The number of aromatic nitrogens is 1. The van der Waals surface area contributed by atoms with Gasteiger partial charge in [0.05, 0.1) is 0 Å². The number of halogens is 1. The Balaban J connectivity index is 2.17. The summed E-state index contributed by atoms with van der Waals surface area (Å²) in [5.74, 6) is 0. The van der Waals surface area contributed by atoms with Gasteiger partial charge >= 0.3 is 0 Å². The van der Waals surface area contributed by atoms with Gasteiger partial charge in [-0.1, -0.05) is 22.9 Å². The van der Waals surface area contributed by atoms with Gasteiger partial charge in [0.25, 0.3) is 0 Å². The molecular weight excluding hydrogens is 264 g/mol. The van der Waals surface area contributed by atoms with Crippen molar-refractivity contribution in [1.29, 1.82) is 0 Å². The molecule has 3 heteroatoms. The monoisotopic (exact) mass is 278 g/mol. The predicted octanol–water partition coefficient (Wildman–Crippen LogP) is 3.53. The van der Waals surface area contributed by atoms with E-state index in [1.807, 2.05) is 0 Å². The standard InChI is InChI=1S/C13H15BrN2/c1-2-15-11-5-6-12-13(11)9-7-8(14)3-4-10(9)16-12/h3-4,7,11,15-16H,2,5-6H2,1H3. The van der Waals surface area contributed by atoms with E-state index < -0.39 is 0 Å². The van der Waals surface area contributed by atoms with Crippen molar-refractivity contribution >= 4 is 26.8 Å². The first-order valence-electron chi connectivity index (χ1n) is 5.83. The molecule has 2 N–H and O–H groups in total. The van der Waals surface area contributed by atoms with Crippen LogP contribution in [0.4, 0.5) is 0 Å². The largest absolute Gasteiger partial charge is 0.358 e. The number of H-pyrrole nitrogens is 1. The summed E-state index contributed by atoms with van der Waals surface area (Å²) in [5, 5.41) is 4.93. The minimum absolute atomic E-state index is 0.531. The maximum atomic E-state index is 3.56. The molecule has 2 aromatic rings. The number of aromatic amines is 1. The van der Waals surface area contributed by atoms with Crippen molar-refractivity contribution in [2.75, 3.05) is 6.54 Å². The molecule has 0 amide bonds. The summed E-state index contributed by atoms with van der Waals surface area (Å²) in [6.45, 7) is 3.20. The average molecular weight is 279 g/mol. The minimum Gasteiger partial charge on any atom is -0.358 e. The predicted molar refractivity (Wildman–Crippen MR) is 70.7 cm³/mol. The van der Waals surface area contributed by atoms with Crippen molar-refractivity contribution in [3.63, 3.8) is 0 Å². The number of rotatable bonds is 2. The molecule has 1 aliphatic carbocycles. The zero-order chi connectivity index (χ0) is 11.1. The first kappa shape index (κ1) is 10.4. The topological polar surface area (TPSA) is 27.8 Å². The van der Waals surface area contributed by atoms with E-state index in [0.717, 1.165) is 11.0 Å². The van der Waals surface area contributed by atoms with Crippen LogP contribution >= 0.6 is 15.9 Å². The van der Waals surface area contributed by atoms with Gasteiger partial charge in [0, 0.05) is 27.1 Å². The van der Waals surface area contributed by atoms with Gasteiger partial charge in [-0.25, -0.2) is 0 Å². The van der Waals surface area contributed by atoms with E-state index in [0.29, 0.717) is 6.04 Å². The van der Waals surface area contributed by atoms with Crippen LogP contribution in [-0.2, 0) is 6.42 Å². The highest BCUT2D eigenvalue weighted by Crippen LogP contribution is 2.37. The second kappa shape index (κ2) is 3.90. The summed E-state index contributed by atoms with van der Waals surface area (Å²) in [6, 6.07) is 7.00. The van der Waals surface area contributed by atoms with Crippen molar-refractivity contribution < 1.29 is 0 Å². The fraction of sp³-hybridized carbons (Fsp3) is 0.385. The highest BCUT2D eigenvalue weighted by molar-refractivity contribution is 9.10. The van der Waals surface area contributed by atoms with Gasteiger partial charge in [-0.3, -0.25) is 0 Å². The van der Waals surface area contributed by atoms with Crippen molar-refractivity contribution in [2.45, 2.75) is 25.8 Å².